The molecule has 0 saturated heterocycles. The Labute approximate surface area is 240 Å². The molecule has 4 aromatic carbocycles. The van der Waals surface area contributed by atoms with Gasteiger partial charge in [-0.1, -0.05) is 115 Å². The van der Waals surface area contributed by atoms with Gasteiger partial charge in [-0.25, -0.2) is 9.59 Å². The second kappa shape index (κ2) is 14.5. The summed E-state index contributed by atoms with van der Waals surface area (Å²) >= 11 is 0. The maximum absolute atomic E-state index is 13.5. The summed E-state index contributed by atoms with van der Waals surface area (Å²) in [5, 5.41) is 22.6. The van der Waals surface area contributed by atoms with E-state index >= 15 is 0 Å². The molecule has 1 unspecified atom stereocenters. The van der Waals surface area contributed by atoms with Gasteiger partial charge in [0.1, 0.15) is 6.04 Å². The molecule has 7 heteroatoms. The van der Waals surface area contributed by atoms with Gasteiger partial charge in [-0.2, -0.15) is 0 Å². The number of aliphatic carboxylic acids is 2. The summed E-state index contributed by atoms with van der Waals surface area (Å²) < 4.78 is 0. The number of hydrogen-bond donors (Lipinski definition) is 3. The second-order valence-electron chi connectivity index (χ2n) is 10.0. The first-order valence-electron chi connectivity index (χ1n) is 13.6. The summed E-state index contributed by atoms with van der Waals surface area (Å²) in [6, 6.07) is 34.5. The molecule has 0 radical (unpaired) electrons. The summed E-state index contributed by atoms with van der Waals surface area (Å²) in [7, 11) is 0. The van der Waals surface area contributed by atoms with E-state index in [2.05, 4.69) is 5.32 Å². The molecular weight excluding hydrogens is 516 g/mol. The molecule has 3 N–H and O–H groups in total. The van der Waals surface area contributed by atoms with Crippen molar-refractivity contribution in [3.8, 4) is 11.1 Å². The van der Waals surface area contributed by atoms with Gasteiger partial charge in [0.2, 0.25) is 0 Å². The molecule has 2 amide bonds. The average molecular weight is 551 g/mol. The predicted octanol–water partition coefficient (Wildman–Crippen LogP) is 5.89. The van der Waals surface area contributed by atoms with Crippen LogP contribution in [0.2, 0.25) is 0 Å². The number of carboxylic acids is 2. The highest BCUT2D eigenvalue weighted by Crippen LogP contribution is 2.20. The van der Waals surface area contributed by atoms with Gasteiger partial charge in [-0.15, -0.1) is 0 Å². The number of nitrogens with zero attached hydrogens (tertiary/aromatic N) is 1. The van der Waals surface area contributed by atoms with Gasteiger partial charge in [0.15, 0.2) is 0 Å². The van der Waals surface area contributed by atoms with Gasteiger partial charge in [-0.05, 0) is 40.7 Å². The molecule has 7 nitrogen and oxygen atoms in total. The highest BCUT2D eigenvalue weighted by molar-refractivity contribution is 5.83. The second-order valence-corrected chi connectivity index (χ2v) is 10.0. The first kappa shape index (κ1) is 29.1. The van der Waals surface area contributed by atoms with Gasteiger partial charge in [0, 0.05) is 19.5 Å². The van der Waals surface area contributed by atoms with Crippen LogP contribution in [0.15, 0.2) is 115 Å². The van der Waals surface area contributed by atoms with Crippen LogP contribution in [-0.4, -0.2) is 45.7 Å². The highest BCUT2D eigenvalue weighted by Gasteiger charge is 2.28. The van der Waals surface area contributed by atoms with E-state index in [1.54, 1.807) is 0 Å². The first-order valence-corrected chi connectivity index (χ1v) is 13.6. The van der Waals surface area contributed by atoms with Crippen molar-refractivity contribution >= 4 is 18.0 Å². The van der Waals surface area contributed by atoms with Crippen molar-refractivity contribution in [2.75, 3.05) is 6.54 Å². The van der Waals surface area contributed by atoms with Crippen molar-refractivity contribution in [3.63, 3.8) is 0 Å². The number of carbonyl (C=O) groups excluding carboxylic acids is 1. The van der Waals surface area contributed by atoms with Crippen molar-refractivity contribution in [2.24, 2.45) is 5.92 Å². The minimum Gasteiger partial charge on any atom is -0.481 e. The van der Waals surface area contributed by atoms with Crippen LogP contribution in [0.1, 0.15) is 23.1 Å². The molecule has 4 rings (SSSR count). The molecule has 0 saturated carbocycles. The summed E-state index contributed by atoms with van der Waals surface area (Å²) in [4.78, 5) is 39.2. The normalized spacial score (nSPS) is 12.2. The number of rotatable bonds is 13. The van der Waals surface area contributed by atoms with Gasteiger partial charge in [0.05, 0.1) is 5.92 Å². The van der Waals surface area contributed by atoms with E-state index in [1.165, 1.54) is 4.90 Å². The van der Waals surface area contributed by atoms with Crippen LogP contribution >= 0.6 is 0 Å². The van der Waals surface area contributed by atoms with Gasteiger partial charge in [-0.3, -0.25) is 4.79 Å². The van der Waals surface area contributed by atoms with Crippen LogP contribution in [-0.2, 0) is 29.0 Å². The number of amides is 2. The molecule has 210 valence electrons. The lowest BCUT2D eigenvalue weighted by atomic mass is 9.98. The quantitative estimate of drug-likeness (QED) is 0.192. The molecule has 0 aliphatic heterocycles. The molecule has 0 fully saturated rings. The molecule has 0 spiro atoms. The maximum atomic E-state index is 13.5. The van der Waals surface area contributed by atoms with Crippen molar-refractivity contribution in [1.82, 2.24) is 10.2 Å². The molecule has 4 aromatic rings. The Bertz CT molecular complexity index is 1410. The number of carboxylic acid groups (broad SMARTS) is 2. The Morgan fingerprint density at radius 2 is 1.17 bits per heavy atom. The van der Waals surface area contributed by atoms with Crippen molar-refractivity contribution in [1.29, 1.82) is 0 Å². The Kier molecular flexibility index (Phi) is 10.3. The van der Waals surface area contributed by atoms with Crippen LogP contribution in [0, 0.1) is 5.92 Å². The lowest BCUT2D eigenvalue weighted by Crippen LogP contribution is -2.50. The van der Waals surface area contributed by atoms with Crippen molar-refractivity contribution in [3.05, 3.63) is 132 Å². The van der Waals surface area contributed by atoms with Crippen LogP contribution < -0.4 is 5.32 Å². The van der Waals surface area contributed by atoms with Crippen LogP contribution in [0.4, 0.5) is 4.79 Å². The molecule has 0 bridgehead atoms. The third-order valence-electron chi connectivity index (χ3n) is 7.01. The topological polar surface area (TPSA) is 107 Å². The number of aryl methyl sites for hydroxylation is 1. The summed E-state index contributed by atoms with van der Waals surface area (Å²) in [6.07, 6.45) is 0.981. The van der Waals surface area contributed by atoms with E-state index in [9.17, 15) is 24.6 Å². The Morgan fingerprint density at radius 3 is 1.73 bits per heavy atom. The summed E-state index contributed by atoms with van der Waals surface area (Å²) in [5.41, 5.74) is 4.66. The fourth-order valence-electron chi connectivity index (χ4n) is 4.71. The lowest BCUT2D eigenvalue weighted by Gasteiger charge is -2.28. The van der Waals surface area contributed by atoms with Crippen molar-refractivity contribution < 1.29 is 24.6 Å². The SMILES string of the molecule is O=C(O)C(CCc1ccccc1)CN(Cc1ccccc1)C(=O)N[C@@H](Cc1ccc(-c2ccccc2)cc1)C(=O)O. The third-order valence-corrected chi connectivity index (χ3v) is 7.01. The molecule has 0 aliphatic rings. The maximum Gasteiger partial charge on any atom is 0.326 e. The van der Waals surface area contributed by atoms with Gasteiger partial charge in [0.25, 0.3) is 0 Å². The fraction of sp³-hybridized carbons (Fsp3) is 0.206. The van der Waals surface area contributed by atoms with Crippen LogP contribution in [0.3, 0.4) is 0 Å². The molecule has 0 aliphatic carbocycles. The minimum atomic E-state index is -1.18. The minimum absolute atomic E-state index is 0.0546. The molecule has 41 heavy (non-hydrogen) atoms. The average Bonchev–Trinajstić information content (AvgIpc) is 3.00. The molecule has 2 atom stereocenters. The number of nitrogens with one attached hydrogen (secondary N) is 1. The first-order chi connectivity index (χ1) is 19.9. The summed E-state index contributed by atoms with van der Waals surface area (Å²) in [5.74, 6) is -2.98. The Morgan fingerprint density at radius 1 is 0.634 bits per heavy atom. The van der Waals surface area contributed by atoms with E-state index in [-0.39, 0.29) is 19.5 Å². The fourth-order valence-corrected chi connectivity index (χ4v) is 4.71. The van der Waals surface area contributed by atoms with E-state index in [0.717, 1.165) is 27.8 Å². The number of urea groups is 1. The van der Waals surface area contributed by atoms with Crippen LogP contribution in [0.5, 0.6) is 0 Å². The monoisotopic (exact) mass is 550 g/mol. The van der Waals surface area contributed by atoms with E-state index in [0.29, 0.717) is 12.8 Å². The zero-order chi connectivity index (χ0) is 29.0. The largest absolute Gasteiger partial charge is 0.481 e. The molecule has 0 heterocycles. The zero-order valence-corrected chi connectivity index (χ0v) is 22.7. The zero-order valence-electron chi connectivity index (χ0n) is 22.7. The van der Waals surface area contributed by atoms with E-state index < -0.39 is 29.9 Å². The van der Waals surface area contributed by atoms with Crippen LogP contribution in [0.25, 0.3) is 11.1 Å². The predicted molar refractivity (Wildman–Crippen MR) is 158 cm³/mol. The molecular formula is C34H34N2O5. The smallest absolute Gasteiger partial charge is 0.326 e. The molecule has 0 aromatic heterocycles. The van der Waals surface area contributed by atoms with E-state index in [4.69, 9.17) is 0 Å². The summed E-state index contributed by atoms with van der Waals surface area (Å²) in [6.45, 7) is 0.0981. The standard InChI is InChI=1S/C34H34N2O5/c37-32(38)30(21-16-25-10-4-1-5-11-25)24-36(23-27-12-6-2-7-13-27)34(41)35-31(33(39)40)22-26-17-19-29(20-18-26)28-14-8-3-9-15-28/h1-15,17-20,30-31H,16,21-24H2,(H,35,41)(H,37,38)(H,39,40)/t30?,31-/m0/s1. The number of carbonyl (C=O) groups is 3. The van der Waals surface area contributed by atoms with E-state index in [1.807, 2.05) is 115 Å². The van der Waals surface area contributed by atoms with Gasteiger partial charge < -0.3 is 20.4 Å². The van der Waals surface area contributed by atoms with Crippen molar-refractivity contribution in [2.45, 2.75) is 31.8 Å². The van der Waals surface area contributed by atoms with Gasteiger partial charge >= 0.3 is 18.0 Å². The Balaban J connectivity index is 1.47. The lowest BCUT2D eigenvalue weighted by molar-refractivity contribution is -0.143. The Hall–Kier alpha value is -4.91. The third kappa shape index (κ3) is 8.80. The highest BCUT2D eigenvalue weighted by atomic mass is 16.4. The number of hydrogen-bond acceptors (Lipinski definition) is 3. The number of benzene rings is 4.